The van der Waals surface area contributed by atoms with Crippen LogP contribution in [-0.2, 0) is 23.1 Å². The monoisotopic (exact) mass is 659 g/mol. The molecule has 4 aromatic carbocycles. The second-order valence-corrected chi connectivity index (χ2v) is 15.5. The molecule has 46 heavy (non-hydrogen) atoms. The number of hydrogen-bond donors (Lipinski definition) is 1. The highest BCUT2D eigenvalue weighted by Crippen LogP contribution is 2.32. The van der Waals surface area contributed by atoms with Gasteiger partial charge in [0.05, 0.1) is 4.90 Å². The number of benzene rings is 4. The highest BCUT2D eigenvalue weighted by atomic mass is 32.2. The first-order chi connectivity index (χ1) is 22.0. The van der Waals surface area contributed by atoms with E-state index >= 15 is 0 Å². The standard InChI is InChI=1S/C37H42FN3O3S2/c1-28-8-7-11-35(38)34(28)27-40(24-25-45-32-9-5-4-6-10-32)26-29-12-18-33(19-13-29)46(43,44)39-36(42)30-14-16-31(17-15-30)41-22-20-37(2,3)21-23-41/h4-19H,20-27H2,1-3H3,(H,39,42). The van der Waals surface area contributed by atoms with Crippen molar-refractivity contribution < 1.29 is 17.6 Å². The lowest BCUT2D eigenvalue weighted by atomic mass is 9.82. The van der Waals surface area contributed by atoms with Crippen LogP contribution in [0, 0.1) is 18.2 Å². The summed E-state index contributed by atoms with van der Waals surface area (Å²) in [5.41, 5.74) is 4.09. The van der Waals surface area contributed by atoms with Crippen LogP contribution in [0.5, 0.6) is 0 Å². The zero-order valence-corrected chi connectivity index (χ0v) is 28.3. The van der Waals surface area contributed by atoms with Crippen molar-refractivity contribution in [1.82, 2.24) is 9.62 Å². The summed E-state index contributed by atoms with van der Waals surface area (Å²) in [4.78, 5) is 18.5. The van der Waals surface area contributed by atoms with Gasteiger partial charge in [-0.2, -0.15) is 0 Å². The number of halogens is 1. The number of aryl methyl sites for hydroxylation is 1. The van der Waals surface area contributed by atoms with E-state index in [1.54, 1.807) is 42.1 Å². The maximum atomic E-state index is 14.7. The molecule has 0 bridgehead atoms. The fourth-order valence-corrected chi connectivity index (χ4v) is 7.49. The first-order valence-electron chi connectivity index (χ1n) is 15.6. The molecule has 9 heteroatoms. The lowest BCUT2D eigenvalue weighted by Crippen LogP contribution is -2.37. The molecule has 242 valence electrons. The van der Waals surface area contributed by atoms with Gasteiger partial charge in [0.2, 0.25) is 0 Å². The Morgan fingerprint density at radius 2 is 1.57 bits per heavy atom. The minimum absolute atomic E-state index is 0.00767. The number of carbonyl (C=O) groups is 1. The molecule has 0 spiro atoms. The van der Waals surface area contributed by atoms with E-state index in [9.17, 15) is 17.6 Å². The zero-order valence-electron chi connectivity index (χ0n) is 26.7. The van der Waals surface area contributed by atoms with Crippen molar-refractivity contribution in [2.75, 3.05) is 30.3 Å². The molecule has 4 aromatic rings. The van der Waals surface area contributed by atoms with Gasteiger partial charge in [0.15, 0.2) is 0 Å². The normalized spacial score (nSPS) is 14.8. The number of nitrogens with one attached hydrogen (secondary N) is 1. The maximum Gasteiger partial charge on any atom is 0.264 e. The SMILES string of the molecule is Cc1cccc(F)c1CN(CCSc1ccccc1)Cc1ccc(S(=O)(=O)NC(=O)c2ccc(N3CCC(C)(C)CC3)cc2)cc1. The van der Waals surface area contributed by atoms with Crippen molar-refractivity contribution >= 4 is 33.4 Å². The Labute approximate surface area is 277 Å². The summed E-state index contributed by atoms with van der Waals surface area (Å²) < 4.78 is 43.2. The first kappa shape index (κ1) is 33.7. The van der Waals surface area contributed by atoms with Crippen LogP contribution in [0.3, 0.4) is 0 Å². The van der Waals surface area contributed by atoms with Crippen molar-refractivity contribution in [2.24, 2.45) is 5.41 Å². The Balaban J connectivity index is 1.22. The predicted molar refractivity (Wildman–Crippen MR) is 185 cm³/mol. The number of sulfonamides is 1. The Bertz CT molecular complexity index is 1700. The molecule has 0 radical (unpaired) electrons. The minimum Gasteiger partial charge on any atom is -0.371 e. The Kier molecular flexibility index (Phi) is 10.9. The number of amides is 1. The zero-order chi connectivity index (χ0) is 32.7. The van der Waals surface area contributed by atoms with Crippen LogP contribution in [0.2, 0.25) is 0 Å². The first-order valence-corrected chi connectivity index (χ1v) is 18.1. The van der Waals surface area contributed by atoms with Gasteiger partial charge >= 0.3 is 0 Å². The number of hydrogen-bond acceptors (Lipinski definition) is 6. The summed E-state index contributed by atoms with van der Waals surface area (Å²) in [6.07, 6.45) is 2.20. The number of piperidine rings is 1. The lowest BCUT2D eigenvalue weighted by molar-refractivity contribution is 0.0981. The molecule has 0 unspecified atom stereocenters. The molecule has 1 N–H and O–H groups in total. The Hall–Kier alpha value is -3.66. The van der Waals surface area contributed by atoms with Crippen LogP contribution < -0.4 is 9.62 Å². The lowest BCUT2D eigenvalue weighted by Gasteiger charge is -2.38. The molecule has 1 fully saturated rings. The van der Waals surface area contributed by atoms with Gasteiger partial charge in [-0.15, -0.1) is 11.8 Å². The summed E-state index contributed by atoms with van der Waals surface area (Å²) in [6.45, 7) is 10.0. The average molecular weight is 660 g/mol. The highest BCUT2D eigenvalue weighted by molar-refractivity contribution is 7.99. The van der Waals surface area contributed by atoms with Crippen LogP contribution in [-0.4, -0.2) is 44.6 Å². The molecule has 1 heterocycles. The number of anilines is 1. The third kappa shape index (κ3) is 8.99. The Morgan fingerprint density at radius 3 is 2.22 bits per heavy atom. The molecule has 1 amide bonds. The molecule has 0 aromatic heterocycles. The largest absolute Gasteiger partial charge is 0.371 e. The van der Waals surface area contributed by atoms with Crippen molar-refractivity contribution in [3.63, 3.8) is 0 Å². The molecule has 0 saturated carbocycles. The van der Waals surface area contributed by atoms with Gasteiger partial charge < -0.3 is 4.90 Å². The van der Waals surface area contributed by atoms with Gasteiger partial charge in [-0.25, -0.2) is 17.5 Å². The summed E-state index contributed by atoms with van der Waals surface area (Å²) in [7, 11) is -4.08. The third-order valence-corrected chi connectivity index (χ3v) is 11.0. The minimum atomic E-state index is -4.08. The average Bonchev–Trinajstić information content (AvgIpc) is 3.03. The highest BCUT2D eigenvalue weighted by Gasteiger charge is 2.26. The van der Waals surface area contributed by atoms with Crippen molar-refractivity contribution in [3.05, 3.63) is 125 Å². The van der Waals surface area contributed by atoms with Crippen LogP contribution in [0.25, 0.3) is 0 Å². The van der Waals surface area contributed by atoms with Gasteiger partial charge in [-0.1, -0.05) is 56.3 Å². The van der Waals surface area contributed by atoms with E-state index in [-0.39, 0.29) is 16.3 Å². The third-order valence-electron chi connectivity index (χ3n) is 8.63. The van der Waals surface area contributed by atoms with E-state index in [4.69, 9.17) is 0 Å². The van der Waals surface area contributed by atoms with Crippen molar-refractivity contribution in [3.8, 4) is 0 Å². The van der Waals surface area contributed by atoms with Crippen LogP contribution >= 0.6 is 11.8 Å². The van der Waals surface area contributed by atoms with E-state index in [1.807, 2.05) is 43.3 Å². The summed E-state index contributed by atoms with van der Waals surface area (Å²) in [6, 6.07) is 28.9. The summed E-state index contributed by atoms with van der Waals surface area (Å²) in [5.74, 6) is -0.0893. The molecule has 5 rings (SSSR count). The molecule has 0 atom stereocenters. The van der Waals surface area contributed by atoms with Crippen LogP contribution in [0.1, 0.15) is 53.7 Å². The van der Waals surface area contributed by atoms with E-state index < -0.39 is 15.9 Å². The number of nitrogens with zero attached hydrogens (tertiary/aromatic N) is 2. The molecule has 0 aliphatic carbocycles. The van der Waals surface area contributed by atoms with Crippen LogP contribution in [0.4, 0.5) is 10.1 Å². The Morgan fingerprint density at radius 1 is 0.891 bits per heavy atom. The van der Waals surface area contributed by atoms with Gasteiger partial charge in [-0.05, 0) is 90.9 Å². The van der Waals surface area contributed by atoms with Crippen molar-refractivity contribution in [1.29, 1.82) is 0 Å². The fraction of sp³-hybridized carbons (Fsp3) is 0.324. The number of rotatable bonds is 12. The molecular weight excluding hydrogens is 618 g/mol. The molecule has 1 aliphatic rings. The maximum absolute atomic E-state index is 14.7. The second kappa shape index (κ2) is 14.8. The number of carbonyl (C=O) groups excluding carboxylic acids is 1. The van der Waals surface area contributed by atoms with Crippen molar-refractivity contribution in [2.45, 2.75) is 56.5 Å². The topological polar surface area (TPSA) is 69.7 Å². The van der Waals surface area contributed by atoms with E-state index in [1.165, 1.54) is 23.1 Å². The van der Waals surface area contributed by atoms with Gasteiger partial charge in [0.1, 0.15) is 5.82 Å². The van der Waals surface area contributed by atoms with E-state index in [0.29, 0.717) is 30.6 Å². The van der Waals surface area contributed by atoms with Gasteiger partial charge in [0.25, 0.3) is 15.9 Å². The predicted octanol–water partition coefficient (Wildman–Crippen LogP) is 7.67. The van der Waals surface area contributed by atoms with Gasteiger partial charge in [-0.3, -0.25) is 9.69 Å². The second-order valence-electron chi connectivity index (χ2n) is 12.7. The molecular formula is C37H42FN3O3S2. The molecule has 6 nitrogen and oxygen atoms in total. The summed E-state index contributed by atoms with van der Waals surface area (Å²) >= 11 is 1.74. The van der Waals surface area contributed by atoms with Gasteiger partial charge in [0, 0.05) is 60.2 Å². The molecule has 1 aliphatic heterocycles. The summed E-state index contributed by atoms with van der Waals surface area (Å²) in [5, 5.41) is 0. The smallest absolute Gasteiger partial charge is 0.264 e. The van der Waals surface area contributed by atoms with Crippen LogP contribution in [0.15, 0.2) is 107 Å². The molecule has 1 saturated heterocycles. The number of thioether (sulfide) groups is 1. The quantitative estimate of drug-likeness (QED) is 0.158. The fourth-order valence-electron chi connectivity index (χ4n) is 5.58. The van der Waals surface area contributed by atoms with E-state index in [0.717, 1.165) is 48.5 Å². The van der Waals surface area contributed by atoms with E-state index in [2.05, 4.69) is 40.5 Å².